The fraction of sp³-hybridized carbons (Fsp3) is 0.500. The Morgan fingerprint density at radius 2 is 1.91 bits per heavy atom. The van der Waals surface area contributed by atoms with Crippen LogP contribution < -0.4 is 10.1 Å². The molecular formula is C20H27N3O7S4. The zero-order valence-corrected chi connectivity index (χ0v) is 22.0. The molecule has 0 saturated heterocycles. The lowest BCUT2D eigenvalue weighted by Crippen LogP contribution is -2.30. The number of aromatic nitrogens is 2. The Bertz CT molecular complexity index is 1090. The van der Waals surface area contributed by atoms with Gasteiger partial charge in [-0.05, 0) is 31.9 Å². The molecule has 2 rings (SSSR count). The SMILES string of the molecule is CCCc1c(OCCCSc2nnc(SCC(=O)NCCS(=O)(=O)O)s2)ccc(C(C)=O)c1O. The van der Waals surface area contributed by atoms with Crippen LogP contribution in [0.2, 0.25) is 0 Å². The minimum atomic E-state index is -4.10. The summed E-state index contributed by atoms with van der Waals surface area (Å²) < 4.78 is 37.1. The van der Waals surface area contributed by atoms with Crippen molar-refractivity contribution < 1.29 is 32.4 Å². The second-order valence-corrected chi connectivity index (χ2v) is 12.2. The van der Waals surface area contributed by atoms with E-state index in [1.54, 1.807) is 12.1 Å². The van der Waals surface area contributed by atoms with Crippen LogP contribution in [0.4, 0.5) is 0 Å². The molecular weight excluding hydrogens is 523 g/mol. The van der Waals surface area contributed by atoms with E-state index >= 15 is 0 Å². The molecule has 0 aliphatic rings. The van der Waals surface area contributed by atoms with E-state index in [2.05, 4.69) is 15.5 Å². The molecule has 188 valence electrons. The number of hydrogen-bond donors (Lipinski definition) is 3. The number of nitrogens with zero attached hydrogens (tertiary/aromatic N) is 2. The van der Waals surface area contributed by atoms with Crippen molar-refractivity contribution in [3.63, 3.8) is 0 Å². The van der Waals surface area contributed by atoms with E-state index in [0.29, 0.717) is 34.2 Å². The van der Waals surface area contributed by atoms with Crippen LogP contribution in [0.5, 0.6) is 11.5 Å². The number of amides is 1. The Kier molecular flexibility index (Phi) is 11.6. The molecule has 0 atom stereocenters. The van der Waals surface area contributed by atoms with Gasteiger partial charge in [-0.25, -0.2) is 0 Å². The highest BCUT2D eigenvalue weighted by molar-refractivity contribution is 8.03. The van der Waals surface area contributed by atoms with Gasteiger partial charge in [0.05, 0.1) is 23.7 Å². The molecule has 0 saturated carbocycles. The van der Waals surface area contributed by atoms with Crippen molar-refractivity contribution in [1.29, 1.82) is 0 Å². The van der Waals surface area contributed by atoms with Crippen LogP contribution in [0.1, 0.15) is 42.6 Å². The van der Waals surface area contributed by atoms with Crippen LogP contribution in [0.15, 0.2) is 20.8 Å². The zero-order chi connectivity index (χ0) is 25.1. The average molecular weight is 550 g/mol. The zero-order valence-electron chi connectivity index (χ0n) is 18.8. The topological polar surface area (TPSA) is 156 Å². The Morgan fingerprint density at radius 3 is 2.56 bits per heavy atom. The summed E-state index contributed by atoms with van der Waals surface area (Å²) in [6.07, 6.45) is 2.15. The van der Waals surface area contributed by atoms with E-state index in [1.807, 2.05) is 6.92 Å². The highest BCUT2D eigenvalue weighted by Crippen LogP contribution is 2.33. The van der Waals surface area contributed by atoms with Crippen LogP contribution in [0.3, 0.4) is 0 Å². The number of aromatic hydroxyl groups is 1. The second kappa shape index (κ2) is 13.9. The summed E-state index contributed by atoms with van der Waals surface area (Å²) in [7, 11) is -4.10. The van der Waals surface area contributed by atoms with Crippen molar-refractivity contribution in [2.75, 3.05) is 30.4 Å². The highest BCUT2D eigenvalue weighted by atomic mass is 32.2. The summed E-state index contributed by atoms with van der Waals surface area (Å²) in [6.45, 7) is 3.69. The number of carbonyl (C=O) groups excluding carboxylic acids is 2. The Morgan fingerprint density at radius 1 is 1.21 bits per heavy atom. The van der Waals surface area contributed by atoms with Gasteiger partial charge in [-0.15, -0.1) is 10.2 Å². The molecule has 14 heteroatoms. The van der Waals surface area contributed by atoms with E-state index in [9.17, 15) is 23.1 Å². The smallest absolute Gasteiger partial charge is 0.266 e. The predicted octanol–water partition coefficient (Wildman–Crippen LogP) is 3.06. The predicted molar refractivity (Wildman–Crippen MR) is 133 cm³/mol. The lowest BCUT2D eigenvalue weighted by Gasteiger charge is -2.14. The molecule has 1 heterocycles. The molecule has 34 heavy (non-hydrogen) atoms. The number of ketones is 1. The van der Waals surface area contributed by atoms with Gasteiger partial charge in [-0.2, -0.15) is 8.42 Å². The third-order valence-corrected chi connectivity index (χ3v) is 8.28. The first-order chi connectivity index (χ1) is 16.1. The normalized spacial score (nSPS) is 11.4. The van der Waals surface area contributed by atoms with Crippen LogP contribution >= 0.6 is 34.9 Å². The minimum absolute atomic E-state index is 0.00720. The van der Waals surface area contributed by atoms with Crippen molar-refractivity contribution >= 4 is 56.7 Å². The van der Waals surface area contributed by atoms with Gasteiger partial charge in [-0.1, -0.05) is 48.2 Å². The molecule has 1 aromatic heterocycles. The van der Waals surface area contributed by atoms with Crippen LogP contribution in [0.25, 0.3) is 0 Å². The highest BCUT2D eigenvalue weighted by Gasteiger charge is 2.16. The van der Waals surface area contributed by atoms with E-state index in [1.165, 1.54) is 41.8 Å². The number of hydrogen-bond acceptors (Lipinski definition) is 11. The van der Waals surface area contributed by atoms with Crippen molar-refractivity contribution in [3.8, 4) is 11.5 Å². The summed E-state index contributed by atoms with van der Waals surface area (Å²) in [4.78, 5) is 23.4. The molecule has 1 amide bonds. The summed E-state index contributed by atoms with van der Waals surface area (Å²) in [5.41, 5.74) is 0.947. The molecule has 0 fully saturated rings. The Hall–Kier alpha value is -1.87. The lowest BCUT2D eigenvalue weighted by atomic mass is 10.0. The second-order valence-electron chi connectivity index (χ2n) is 7.05. The number of thioether (sulfide) groups is 2. The Balaban J connectivity index is 1.73. The minimum Gasteiger partial charge on any atom is -0.507 e. The number of ether oxygens (including phenoxy) is 1. The number of phenolic OH excluding ortho intramolecular Hbond substituents is 1. The van der Waals surface area contributed by atoms with Gasteiger partial charge in [0.1, 0.15) is 11.5 Å². The first-order valence-electron chi connectivity index (χ1n) is 10.4. The summed E-state index contributed by atoms with van der Waals surface area (Å²) >= 11 is 4.06. The summed E-state index contributed by atoms with van der Waals surface area (Å²) in [5, 5.41) is 20.9. The van der Waals surface area contributed by atoms with E-state index < -0.39 is 15.9 Å². The lowest BCUT2D eigenvalue weighted by molar-refractivity contribution is -0.118. The average Bonchev–Trinajstić information content (AvgIpc) is 3.21. The monoisotopic (exact) mass is 549 g/mol. The standard InChI is InChI=1S/C20H27N3O7S4/c1-3-5-15-16(7-6-14(13(2)24)18(15)26)30-9-4-10-31-19-22-23-20(33-19)32-12-17(25)21-8-11-34(27,28)29/h6-7,26H,3-5,8-12H2,1-2H3,(H,21,25)(H,27,28,29). The maximum Gasteiger partial charge on any atom is 0.266 e. The first-order valence-corrected chi connectivity index (χ1v) is 14.8. The summed E-state index contributed by atoms with van der Waals surface area (Å²) in [5.74, 6) is 0.290. The molecule has 1 aromatic carbocycles. The van der Waals surface area contributed by atoms with Gasteiger partial charge >= 0.3 is 0 Å². The van der Waals surface area contributed by atoms with Crippen LogP contribution in [0, 0.1) is 0 Å². The summed E-state index contributed by atoms with van der Waals surface area (Å²) in [6, 6.07) is 3.30. The number of carbonyl (C=O) groups is 2. The first kappa shape index (κ1) is 28.4. The number of rotatable bonds is 15. The van der Waals surface area contributed by atoms with Crippen molar-refractivity contribution in [2.45, 2.75) is 41.8 Å². The number of benzene rings is 1. The van der Waals surface area contributed by atoms with Crippen molar-refractivity contribution in [1.82, 2.24) is 15.5 Å². The molecule has 2 aromatic rings. The molecule has 0 aliphatic heterocycles. The number of Topliss-reactive ketones (excluding diaryl/α,β-unsaturated/α-hetero) is 1. The fourth-order valence-electron chi connectivity index (χ4n) is 2.74. The van der Waals surface area contributed by atoms with Gasteiger partial charge < -0.3 is 15.2 Å². The van der Waals surface area contributed by atoms with Crippen LogP contribution in [-0.4, -0.2) is 70.4 Å². The van der Waals surface area contributed by atoms with E-state index in [-0.39, 0.29) is 29.7 Å². The van der Waals surface area contributed by atoms with E-state index in [4.69, 9.17) is 9.29 Å². The van der Waals surface area contributed by atoms with Gasteiger partial charge in [-0.3, -0.25) is 14.1 Å². The van der Waals surface area contributed by atoms with Crippen molar-refractivity contribution in [3.05, 3.63) is 23.3 Å². The number of nitrogens with one attached hydrogen (secondary N) is 1. The molecule has 0 aliphatic carbocycles. The molecule has 0 unspecified atom stereocenters. The number of phenols is 1. The molecule has 0 spiro atoms. The third-order valence-electron chi connectivity index (χ3n) is 4.29. The van der Waals surface area contributed by atoms with Gasteiger partial charge in [0.25, 0.3) is 10.1 Å². The van der Waals surface area contributed by atoms with Gasteiger partial charge in [0, 0.05) is 17.9 Å². The fourth-order valence-corrected chi connectivity index (χ4v) is 5.93. The largest absolute Gasteiger partial charge is 0.507 e. The van der Waals surface area contributed by atoms with Crippen molar-refractivity contribution in [2.24, 2.45) is 0 Å². The maximum absolute atomic E-state index is 11.7. The van der Waals surface area contributed by atoms with E-state index in [0.717, 1.165) is 22.9 Å². The molecule has 3 N–H and O–H groups in total. The van der Waals surface area contributed by atoms with Gasteiger partial charge in [0.2, 0.25) is 5.91 Å². The molecule has 10 nitrogen and oxygen atoms in total. The third kappa shape index (κ3) is 9.78. The van der Waals surface area contributed by atoms with Crippen LogP contribution in [-0.2, 0) is 21.3 Å². The maximum atomic E-state index is 11.7. The van der Waals surface area contributed by atoms with Gasteiger partial charge in [0.15, 0.2) is 14.5 Å². The molecule has 0 bridgehead atoms. The quantitative estimate of drug-likeness (QED) is 0.130. The molecule has 0 radical (unpaired) electrons. The Labute approximate surface area is 211 Å².